The molecular formula is C18H20N2OS. The number of thiophene rings is 1. The van der Waals surface area contributed by atoms with E-state index in [2.05, 4.69) is 41.4 Å². The monoisotopic (exact) mass is 312 g/mol. The Hall–Kier alpha value is -2.07. The van der Waals surface area contributed by atoms with Gasteiger partial charge < -0.3 is 10.2 Å². The Morgan fingerprint density at radius 1 is 1.36 bits per heavy atom. The second-order valence-corrected chi connectivity index (χ2v) is 6.49. The third-order valence-electron chi connectivity index (χ3n) is 3.97. The first kappa shape index (κ1) is 14.9. The molecule has 2 aromatic rings. The van der Waals surface area contributed by atoms with Gasteiger partial charge in [-0.15, -0.1) is 11.3 Å². The first-order valence-corrected chi connectivity index (χ1v) is 8.46. The molecule has 1 aliphatic rings. The van der Waals surface area contributed by atoms with Gasteiger partial charge in [0, 0.05) is 35.8 Å². The third kappa shape index (κ3) is 3.39. The molecule has 1 aromatic heterocycles. The summed E-state index contributed by atoms with van der Waals surface area (Å²) in [5, 5.41) is 4.99. The van der Waals surface area contributed by atoms with E-state index in [1.54, 1.807) is 17.4 Å². The van der Waals surface area contributed by atoms with Gasteiger partial charge in [-0.25, -0.2) is 0 Å². The fourth-order valence-electron chi connectivity index (χ4n) is 2.78. The minimum Gasteiger partial charge on any atom is -0.366 e. The van der Waals surface area contributed by atoms with Crippen molar-refractivity contribution in [2.75, 3.05) is 18.0 Å². The van der Waals surface area contributed by atoms with Crippen molar-refractivity contribution in [2.45, 2.75) is 19.4 Å². The lowest BCUT2D eigenvalue weighted by Gasteiger charge is -2.27. The van der Waals surface area contributed by atoms with Crippen LogP contribution in [0.25, 0.3) is 6.08 Å². The van der Waals surface area contributed by atoms with Gasteiger partial charge in [0.1, 0.15) is 0 Å². The van der Waals surface area contributed by atoms with Gasteiger partial charge in [-0.3, -0.25) is 4.79 Å². The van der Waals surface area contributed by atoms with E-state index < -0.39 is 0 Å². The number of anilines is 1. The minimum absolute atomic E-state index is 0.0345. The zero-order valence-electron chi connectivity index (χ0n) is 12.7. The van der Waals surface area contributed by atoms with E-state index in [1.807, 2.05) is 23.6 Å². The van der Waals surface area contributed by atoms with E-state index in [-0.39, 0.29) is 5.91 Å². The number of para-hydroxylation sites is 1. The number of fused-ring (bicyclic) bond motifs is 1. The van der Waals surface area contributed by atoms with E-state index in [4.69, 9.17) is 0 Å². The molecule has 0 saturated carbocycles. The van der Waals surface area contributed by atoms with Gasteiger partial charge in [-0.1, -0.05) is 24.3 Å². The van der Waals surface area contributed by atoms with Crippen molar-refractivity contribution in [1.29, 1.82) is 0 Å². The summed E-state index contributed by atoms with van der Waals surface area (Å²) >= 11 is 1.63. The molecule has 1 N–H and O–H groups in total. The molecule has 1 amide bonds. The van der Waals surface area contributed by atoms with Crippen LogP contribution in [0.1, 0.15) is 17.4 Å². The summed E-state index contributed by atoms with van der Waals surface area (Å²) in [6.45, 7) is 3.84. The normalized spacial score (nSPS) is 15.0. The first-order chi connectivity index (χ1) is 10.7. The number of rotatable bonds is 5. The number of nitrogens with one attached hydrogen (secondary N) is 1. The maximum Gasteiger partial charge on any atom is 0.244 e. The zero-order valence-corrected chi connectivity index (χ0v) is 13.5. The predicted molar refractivity (Wildman–Crippen MR) is 93.3 cm³/mol. The molecule has 0 aliphatic carbocycles. The second kappa shape index (κ2) is 6.79. The predicted octanol–water partition coefficient (Wildman–Crippen LogP) is 3.33. The van der Waals surface area contributed by atoms with Crippen LogP contribution in [0.2, 0.25) is 0 Å². The van der Waals surface area contributed by atoms with Crippen molar-refractivity contribution >= 4 is 29.0 Å². The van der Waals surface area contributed by atoms with Crippen LogP contribution in [-0.2, 0) is 11.2 Å². The van der Waals surface area contributed by atoms with Crippen LogP contribution in [0.3, 0.4) is 0 Å². The summed E-state index contributed by atoms with van der Waals surface area (Å²) in [6, 6.07) is 12.8. The van der Waals surface area contributed by atoms with Gasteiger partial charge in [0.15, 0.2) is 0 Å². The lowest BCUT2D eigenvalue weighted by atomic mass is 10.2. The van der Waals surface area contributed by atoms with E-state index in [9.17, 15) is 4.79 Å². The van der Waals surface area contributed by atoms with Gasteiger partial charge in [-0.2, -0.15) is 0 Å². The van der Waals surface area contributed by atoms with Crippen molar-refractivity contribution in [2.24, 2.45) is 0 Å². The van der Waals surface area contributed by atoms with Crippen molar-refractivity contribution in [3.8, 4) is 0 Å². The van der Waals surface area contributed by atoms with Crippen LogP contribution >= 0.6 is 11.3 Å². The number of nitrogens with zero attached hydrogens (tertiary/aromatic N) is 1. The van der Waals surface area contributed by atoms with Crippen LogP contribution in [-0.4, -0.2) is 25.0 Å². The third-order valence-corrected chi connectivity index (χ3v) is 4.81. The van der Waals surface area contributed by atoms with Crippen LogP contribution in [0.4, 0.5) is 5.69 Å². The molecule has 3 nitrogen and oxygen atoms in total. The maximum atomic E-state index is 11.9. The second-order valence-electron chi connectivity index (χ2n) is 5.52. The highest BCUT2D eigenvalue weighted by molar-refractivity contribution is 7.10. The zero-order chi connectivity index (χ0) is 15.4. The Labute approximate surface area is 135 Å². The largest absolute Gasteiger partial charge is 0.366 e. The first-order valence-electron chi connectivity index (χ1n) is 7.58. The maximum absolute atomic E-state index is 11.9. The molecule has 2 heterocycles. The van der Waals surface area contributed by atoms with Crippen molar-refractivity contribution in [3.63, 3.8) is 0 Å². The Morgan fingerprint density at radius 3 is 3.05 bits per heavy atom. The lowest BCUT2D eigenvalue weighted by Crippen LogP contribution is -2.41. The molecule has 114 valence electrons. The quantitative estimate of drug-likeness (QED) is 0.859. The summed E-state index contributed by atoms with van der Waals surface area (Å²) in [6.07, 6.45) is 4.55. The summed E-state index contributed by atoms with van der Waals surface area (Å²) in [5.41, 5.74) is 2.71. The molecule has 0 bridgehead atoms. The SMILES string of the molecule is CC(CNC(=O)/C=C/c1cccs1)N1CCc2ccccc21. The number of hydrogen-bond donors (Lipinski definition) is 1. The summed E-state index contributed by atoms with van der Waals surface area (Å²) in [5.74, 6) is -0.0345. The topological polar surface area (TPSA) is 32.3 Å². The molecule has 22 heavy (non-hydrogen) atoms. The Morgan fingerprint density at radius 2 is 2.23 bits per heavy atom. The molecule has 1 aromatic carbocycles. The summed E-state index contributed by atoms with van der Waals surface area (Å²) in [7, 11) is 0. The molecular weight excluding hydrogens is 292 g/mol. The van der Waals surface area contributed by atoms with E-state index in [0.717, 1.165) is 17.8 Å². The summed E-state index contributed by atoms with van der Waals surface area (Å²) < 4.78 is 0. The highest BCUT2D eigenvalue weighted by atomic mass is 32.1. The highest BCUT2D eigenvalue weighted by Crippen LogP contribution is 2.28. The van der Waals surface area contributed by atoms with Crippen molar-refractivity contribution in [1.82, 2.24) is 5.32 Å². The summed E-state index contributed by atoms with van der Waals surface area (Å²) in [4.78, 5) is 15.4. The average Bonchev–Trinajstić information content (AvgIpc) is 3.19. The number of benzene rings is 1. The van der Waals surface area contributed by atoms with E-state index in [0.29, 0.717) is 12.6 Å². The van der Waals surface area contributed by atoms with Gasteiger partial charge in [-0.05, 0) is 42.5 Å². The standard InChI is InChI=1S/C18H20N2OS/c1-14(20-11-10-15-5-2-3-7-17(15)20)13-19-18(21)9-8-16-6-4-12-22-16/h2-9,12,14H,10-11,13H2,1H3,(H,19,21)/b9-8+. The molecule has 3 rings (SSSR count). The number of carbonyl (C=O) groups is 1. The van der Waals surface area contributed by atoms with Crippen LogP contribution in [0.5, 0.6) is 0 Å². The average molecular weight is 312 g/mol. The van der Waals surface area contributed by atoms with E-state index >= 15 is 0 Å². The number of carbonyl (C=O) groups excluding carboxylic acids is 1. The van der Waals surface area contributed by atoms with Crippen LogP contribution in [0, 0.1) is 0 Å². The fraction of sp³-hybridized carbons (Fsp3) is 0.278. The number of amides is 1. The Balaban J connectivity index is 1.52. The molecule has 1 unspecified atom stereocenters. The number of hydrogen-bond acceptors (Lipinski definition) is 3. The minimum atomic E-state index is -0.0345. The van der Waals surface area contributed by atoms with Gasteiger partial charge in [0.05, 0.1) is 0 Å². The van der Waals surface area contributed by atoms with Gasteiger partial charge in [0.25, 0.3) is 0 Å². The van der Waals surface area contributed by atoms with Crippen molar-refractivity contribution in [3.05, 3.63) is 58.3 Å². The Bertz CT molecular complexity index is 663. The molecule has 0 fully saturated rings. The van der Waals surface area contributed by atoms with E-state index in [1.165, 1.54) is 11.3 Å². The fourth-order valence-corrected chi connectivity index (χ4v) is 3.40. The van der Waals surface area contributed by atoms with Crippen LogP contribution < -0.4 is 10.2 Å². The molecule has 1 aliphatic heterocycles. The Kier molecular flexibility index (Phi) is 4.59. The molecule has 0 saturated heterocycles. The molecule has 0 radical (unpaired) electrons. The smallest absolute Gasteiger partial charge is 0.244 e. The molecule has 0 spiro atoms. The van der Waals surface area contributed by atoms with Crippen LogP contribution in [0.15, 0.2) is 47.9 Å². The van der Waals surface area contributed by atoms with Gasteiger partial charge in [0.2, 0.25) is 5.91 Å². The van der Waals surface area contributed by atoms with Crippen molar-refractivity contribution < 1.29 is 4.79 Å². The van der Waals surface area contributed by atoms with Gasteiger partial charge >= 0.3 is 0 Å². The molecule has 1 atom stereocenters. The molecule has 4 heteroatoms. The highest BCUT2D eigenvalue weighted by Gasteiger charge is 2.22. The lowest BCUT2D eigenvalue weighted by molar-refractivity contribution is -0.116.